The van der Waals surface area contributed by atoms with Crippen LogP contribution in [0.2, 0.25) is 0 Å². The van der Waals surface area contributed by atoms with Crippen LogP contribution in [-0.4, -0.2) is 25.8 Å². The summed E-state index contributed by atoms with van der Waals surface area (Å²) in [7, 11) is 1.53. The fourth-order valence-corrected chi connectivity index (χ4v) is 0.991. The zero-order valence-electron chi connectivity index (χ0n) is 7.49. The molecule has 3 nitrogen and oxygen atoms in total. The van der Waals surface area contributed by atoms with Crippen molar-refractivity contribution in [3.05, 3.63) is 0 Å². The van der Waals surface area contributed by atoms with Crippen LogP contribution >= 0.6 is 0 Å². The molecule has 0 N–H and O–H groups in total. The van der Waals surface area contributed by atoms with Crippen LogP contribution in [0.5, 0.6) is 0 Å². The molecule has 3 heteroatoms. The average Bonchev–Trinajstić information content (AvgIpc) is 2.11. The van der Waals surface area contributed by atoms with Crippen molar-refractivity contribution < 1.29 is 14.3 Å². The molecular formula is C9H16O3. The predicted octanol–water partition coefficient (Wildman–Crippen LogP) is 1.35. The van der Waals surface area contributed by atoms with E-state index >= 15 is 0 Å². The maximum atomic E-state index is 10.3. The molecular weight excluding hydrogens is 156 g/mol. The van der Waals surface area contributed by atoms with E-state index in [9.17, 15) is 9.59 Å². The molecule has 0 fully saturated rings. The molecule has 0 aromatic rings. The number of ether oxygens (including phenoxy) is 1. The van der Waals surface area contributed by atoms with Crippen molar-refractivity contribution in [1.29, 1.82) is 0 Å². The Labute approximate surface area is 73.1 Å². The Hall–Kier alpha value is -0.700. The first kappa shape index (κ1) is 11.3. The van der Waals surface area contributed by atoms with E-state index < -0.39 is 0 Å². The summed E-state index contributed by atoms with van der Waals surface area (Å²) in [6.45, 7) is 0. The molecule has 0 aromatic carbocycles. The molecule has 70 valence electrons. The van der Waals surface area contributed by atoms with E-state index in [1.165, 1.54) is 7.11 Å². The van der Waals surface area contributed by atoms with Crippen molar-refractivity contribution >= 4 is 12.6 Å². The molecule has 0 bridgehead atoms. The molecule has 0 aromatic heterocycles. The Morgan fingerprint density at radius 1 is 1.25 bits per heavy atom. The predicted molar refractivity (Wildman–Crippen MR) is 46.0 cm³/mol. The topological polar surface area (TPSA) is 43.4 Å². The SMILES string of the molecule is COC(C=O)CCCCCC=O. The Balaban J connectivity index is 3.17. The quantitative estimate of drug-likeness (QED) is 0.410. The van der Waals surface area contributed by atoms with Gasteiger partial charge in [-0.1, -0.05) is 12.8 Å². The van der Waals surface area contributed by atoms with Gasteiger partial charge in [0.25, 0.3) is 0 Å². The van der Waals surface area contributed by atoms with Gasteiger partial charge in [0.15, 0.2) is 0 Å². The lowest BCUT2D eigenvalue weighted by atomic mass is 10.1. The summed E-state index contributed by atoms with van der Waals surface area (Å²) in [4.78, 5) is 20.2. The van der Waals surface area contributed by atoms with Crippen LogP contribution in [0.3, 0.4) is 0 Å². The lowest BCUT2D eigenvalue weighted by Gasteiger charge is -2.06. The zero-order chi connectivity index (χ0) is 9.23. The van der Waals surface area contributed by atoms with Gasteiger partial charge in [-0.15, -0.1) is 0 Å². The molecule has 0 spiro atoms. The smallest absolute Gasteiger partial charge is 0.148 e. The van der Waals surface area contributed by atoms with E-state index in [2.05, 4.69) is 0 Å². The number of methoxy groups -OCH3 is 1. The van der Waals surface area contributed by atoms with Gasteiger partial charge in [0.1, 0.15) is 18.7 Å². The van der Waals surface area contributed by atoms with E-state index in [1.807, 2.05) is 0 Å². The molecule has 0 rings (SSSR count). The summed E-state index contributed by atoms with van der Waals surface area (Å²) in [5.74, 6) is 0. The summed E-state index contributed by atoms with van der Waals surface area (Å²) >= 11 is 0. The van der Waals surface area contributed by atoms with Crippen LogP contribution in [0.4, 0.5) is 0 Å². The van der Waals surface area contributed by atoms with Gasteiger partial charge in [-0.2, -0.15) is 0 Å². The first-order valence-electron chi connectivity index (χ1n) is 4.27. The third kappa shape index (κ3) is 6.04. The van der Waals surface area contributed by atoms with Gasteiger partial charge < -0.3 is 14.3 Å². The summed E-state index contributed by atoms with van der Waals surface area (Å²) in [6.07, 6.45) is 5.72. The minimum atomic E-state index is -0.263. The first-order chi connectivity index (χ1) is 5.85. The minimum Gasteiger partial charge on any atom is -0.374 e. The van der Waals surface area contributed by atoms with E-state index in [0.29, 0.717) is 6.42 Å². The Bertz CT molecular complexity index is 123. The fraction of sp³-hybridized carbons (Fsp3) is 0.778. The van der Waals surface area contributed by atoms with Crippen LogP contribution in [0.25, 0.3) is 0 Å². The van der Waals surface area contributed by atoms with E-state index in [-0.39, 0.29) is 6.10 Å². The number of hydrogen-bond donors (Lipinski definition) is 0. The third-order valence-electron chi connectivity index (χ3n) is 1.77. The Kier molecular flexibility index (Phi) is 7.91. The lowest BCUT2D eigenvalue weighted by molar-refractivity contribution is -0.116. The molecule has 0 saturated heterocycles. The molecule has 0 heterocycles. The number of aldehydes is 2. The maximum absolute atomic E-state index is 10.3. The van der Waals surface area contributed by atoms with Gasteiger partial charge in [-0.05, 0) is 12.8 Å². The van der Waals surface area contributed by atoms with Crippen molar-refractivity contribution in [1.82, 2.24) is 0 Å². The molecule has 12 heavy (non-hydrogen) atoms. The van der Waals surface area contributed by atoms with E-state index in [4.69, 9.17) is 4.74 Å². The van der Waals surface area contributed by atoms with Gasteiger partial charge in [0.2, 0.25) is 0 Å². The fourth-order valence-electron chi connectivity index (χ4n) is 0.991. The number of carbonyl (C=O) groups excluding carboxylic acids is 2. The largest absolute Gasteiger partial charge is 0.374 e. The Morgan fingerprint density at radius 2 is 2.00 bits per heavy atom. The van der Waals surface area contributed by atoms with Crippen LogP contribution in [0, 0.1) is 0 Å². The van der Waals surface area contributed by atoms with Crippen molar-refractivity contribution in [2.75, 3.05) is 7.11 Å². The van der Waals surface area contributed by atoms with Crippen LogP contribution in [-0.2, 0) is 14.3 Å². The highest BCUT2D eigenvalue weighted by Crippen LogP contribution is 2.05. The summed E-state index contributed by atoms with van der Waals surface area (Å²) < 4.78 is 4.87. The molecule has 0 aliphatic heterocycles. The number of carbonyl (C=O) groups is 2. The molecule has 0 aliphatic rings. The highest BCUT2D eigenvalue weighted by atomic mass is 16.5. The monoisotopic (exact) mass is 172 g/mol. The van der Waals surface area contributed by atoms with Gasteiger partial charge in [-0.25, -0.2) is 0 Å². The Morgan fingerprint density at radius 3 is 2.50 bits per heavy atom. The summed E-state index contributed by atoms with van der Waals surface area (Å²) in [5, 5.41) is 0. The third-order valence-corrected chi connectivity index (χ3v) is 1.77. The van der Waals surface area contributed by atoms with Crippen molar-refractivity contribution in [3.63, 3.8) is 0 Å². The average molecular weight is 172 g/mol. The van der Waals surface area contributed by atoms with Gasteiger partial charge in [0.05, 0.1) is 0 Å². The maximum Gasteiger partial charge on any atom is 0.148 e. The number of unbranched alkanes of at least 4 members (excludes halogenated alkanes) is 3. The molecule has 0 radical (unpaired) electrons. The number of hydrogen-bond acceptors (Lipinski definition) is 3. The second-order valence-corrected chi connectivity index (χ2v) is 2.71. The van der Waals surface area contributed by atoms with Crippen molar-refractivity contribution in [2.24, 2.45) is 0 Å². The summed E-state index contributed by atoms with van der Waals surface area (Å²) in [6, 6.07) is 0. The van der Waals surface area contributed by atoms with Crippen molar-refractivity contribution in [3.8, 4) is 0 Å². The highest BCUT2D eigenvalue weighted by molar-refractivity contribution is 5.55. The first-order valence-corrected chi connectivity index (χ1v) is 4.27. The van der Waals surface area contributed by atoms with E-state index in [0.717, 1.165) is 38.3 Å². The standard InChI is InChI=1S/C9H16O3/c1-12-9(8-11)6-4-2-3-5-7-10/h7-9H,2-6H2,1H3. The summed E-state index contributed by atoms with van der Waals surface area (Å²) in [5.41, 5.74) is 0. The van der Waals surface area contributed by atoms with E-state index in [1.54, 1.807) is 0 Å². The normalized spacial score (nSPS) is 12.4. The molecule has 0 amide bonds. The lowest BCUT2D eigenvalue weighted by Crippen LogP contribution is -2.11. The molecule has 1 atom stereocenters. The van der Waals surface area contributed by atoms with Crippen LogP contribution in [0.1, 0.15) is 32.1 Å². The van der Waals surface area contributed by atoms with Crippen molar-refractivity contribution in [2.45, 2.75) is 38.2 Å². The molecule has 0 aliphatic carbocycles. The van der Waals surface area contributed by atoms with Gasteiger partial charge in [-0.3, -0.25) is 0 Å². The second-order valence-electron chi connectivity index (χ2n) is 2.71. The second kappa shape index (κ2) is 8.40. The number of rotatable bonds is 8. The van der Waals surface area contributed by atoms with Gasteiger partial charge in [0, 0.05) is 13.5 Å². The van der Waals surface area contributed by atoms with Crippen LogP contribution in [0.15, 0.2) is 0 Å². The van der Waals surface area contributed by atoms with Crippen LogP contribution < -0.4 is 0 Å². The molecule has 1 unspecified atom stereocenters. The zero-order valence-corrected chi connectivity index (χ0v) is 7.49. The highest BCUT2D eigenvalue weighted by Gasteiger charge is 2.03. The van der Waals surface area contributed by atoms with Gasteiger partial charge >= 0.3 is 0 Å². The molecule has 0 saturated carbocycles. The minimum absolute atomic E-state index is 0.263.